The molecule has 0 unspecified atom stereocenters. The number of benzene rings is 2. The van der Waals surface area contributed by atoms with Crippen molar-refractivity contribution in [2.75, 3.05) is 0 Å². The SMILES string of the molecule is O=S(=O)(c1ccccc1)[C@@H]1C[C@@H]1c1ccccc1. The van der Waals surface area contributed by atoms with E-state index in [0.29, 0.717) is 4.90 Å². The minimum Gasteiger partial charge on any atom is -0.223 e. The molecule has 0 spiro atoms. The average molecular weight is 258 g/mol. The van der Waals surface area contributed by atoms with E-state index in [0.717, 1.165) is 12.0 Å². The Balaban J connectivity index is 1.87. The molecule has 0 aliphatic heterocycles. The summed E-state index contributed by atoms with van der Waals surface area (Å²) in [5, 5.41) is -0.248. The predicted octanol–water partition coefficient (Wildman–Crippen LogP) is 3.02. The maximum absolute atomic E-state index is 12.4. The second-order valence-electron chi connectivity index (χ2n) is 4.65. The third kappa shape index (κ3) is 1.95. The third-order valence-electron chi connectivity index (χ3n) is 3.43. The van der Waals surface area contributed by atoms with Crippen LogP contribution < -0.4 is 0 Å². The fourth-order valence-electron chi connectivity index (χ4n) is 2.35. The Labute approximate surface area is 107 Å². The Morgan fingerprint density at radius 1 is 0.833 bits per heavy atom. The first-order chi connectivity index (χ1) is 8.69. The maximum Gasteiger partial charge on any atom is 0.181 e. The number of hydrogen-bond donors (Lipinski definition) is 0. The fourth-order valence-corrected chi connectivity index (χ4v) is 4.29. The summed E-state index contributed by atoms with van der Waals surface area (Å²) in [6.45, 7) is 0. The van der Waals surface area contributed by atoms with Gasteiger partial charge in [0.2, 0.25) is 0 Å². The standard InChI is InChI=1S/C15H14O2S/c16-18(17,13-9-5-2-6-10-13)15-11-14(15)12-7-3-1-4-8-12/h1-10,14-15H,11H2/t14-,15-/m1/s1. The van der Waals surface area contributed by atoms with E-state index < -0.39 is 9.84 Å². The van der Waals surface area contributed by atoms with E-state index >= 15 is 0 Å². The highest BCUT2D eigenvalue weighted by molar-refractivity contribution is 7.92. The summed E-state index contributed by atoms with van der Waals surface area (Å²) < 4.78 is 24.8. The van der Waals surface area contributed by atoms with E-state index in [1.165, 1.54) is 0 Å². The van der Waals surface area contributed by atoms with Gasteiger partial charge >= 0.3 is 0 Å². The van der Waals surface area contributed by atoms with E-state index in [-0.39, 0.29) is 11.2 Å². The van der Waals surface area contributed by atoms with Crippen molar-refractivity contribution in [1.82, 2.24) is 0 Å². The van der Waals surface area contributed by atoms with Gasteiger partial charge in [-0.05, 0) is 24.1 Å². The summed E-state index contributed by atoms with van der Waals surface area (Å²) in [7, 11) is -3.16. The average Bonchev–Trinajstić information content (AvgIpc) is 3.22. The van der Waals surface area contributed by atoms with Crippen molar-refractivity contribution in [2.45, 2.75) is 22.5 Å². The smallest absolute Gasteiger partial charge is 0.181 e. The second kappa shape index (κ2) is 4.25. The molecule has 2 aromatic carbocycles. The van der Waals surface area contributed by atoms with Gasteiger partial charge in [0.1, 0.15) is 0 Å². The van der Waals surface area contributed by atoms with Crippen molar-refractivity contribution in [2.24, 2.45) is 0 Å². The Morgan fingerprint density at radius 2 is 1.39 bits per heavy atom. The summed E-state index contributed by atoms with van der Waals surface area (Å²) in [5.41, 5.74) is 1.13. The fraction of sp³-hybridized carbons (Fsp3) is 0.200. The van der Waals surface area contributed by atoms with Crippen LogP contribution in [-0.4, -0.2) is 13.7 Å². The molecule has 1 saturated carbocycles. The number of rotatable bonds is 3. The maximum atomic E-state index is 12.4. The van der Waals surface area contributed by atoms with Gasteiger partial charge in [0.15, 0.2) is 9.84 Å². The monoisotopic (exact) mass is 258 g/mol. The summed E-state index contributed by atoms with van der Waals surface area (Å²) in [6, 6.07) is 18.6. The zero-order chi connectivity index (χ0) is 12.6. The summed E-state index contributed by atoms with van der Waals surface area (Å²) in [6.07, 6.45) is 0.737. The molecule has 92 valence electrons. The van der Waals surface area contributed by atoms with Gasteiger partial charge in [0.25, 0.3) is 0 Å². The molecule has 18 heavy (non-hydrogen) atoms. The molecular weight excluding hydrogens is 244 g/mol. The van der Waals surface area contributed by atoms with E-state index in [4.69, 9.17) is 0 Å². The highest BCUT2D eigenvalue weighted by Crippen LogP contribution is 2.47. The molecule has 0 radical (unpaired) electrons. The quantitative estimate of drug-likeness (QED) is 0.848. The molecule has 0 bridgehead atoms. The lowest BCUT2D eigenvalue weighted by atomic mass is 10.1. The second-order valence-corrected chi connectivity index (χ2v) is 6.82. The molecule has 2 aromatic rings. The molecule has 2 nitrogen and oxygen atoms in total. The highest BCUT2D eigenvalue weighted by Gasteiger charge is 2.48. The minimum absolute atomic E-state index is 0.163. The first-order valence-corrected chi connectivity index (χ1v) is 7.58. The lowest BCUT2D eigenvalue weighted by molar-refractivity contribution is 0.594. The van der Waals surface area contributed by atoms with E-state index in [1.807, 2.05) is 36.4 Å². The first-order valence-electron chi connectivity index (χ1n) is 6.03. The van der Waals surface area contributed by atoms with Crippen LogP contribution in [-0.2, 0) is 9.84 Å². The van der Waals surface area contributed by atoms with Gasteiger partial charge in [-0.3, -0.25) is 0 Å². The molecule has 0 aromatic heterocycles. The van der Waals surface area contributed by atoms with Crippen LogP contribution in [0.5, 0.6) is 0 Å². The van der Waals surface area contributed by atoms with E-state index in [1.54, 1.807) is 24.3 Å². The van der Waals surface area contributed by atoms with Crippen molar-refractivity contribution < 1.29 is 8.42 Å². The molecule has 1 fully saturated rings. The normalized spacial score (nSPS) is 22.7. The van der Waals surface area contributed by atoms with Crippen molar-refractivity contribution in [3.8, 4) is 0 Å². The van der Waals surface area contributed by atoms with Gasteiger partial charge < -0.3 is 0 Å². The molecule has 0 saturated heterocycles. The van der Waals surface area contributed by atoms with Gasteiger partial charge in [-0.2, -0.15) is 0 Å². The predicted molar refractivity (Wildman–Crippen MR) is 71.2 cm³/mol. The van der Waals surface area contributed by atoms with Crippen LogP contribution in [0.15, 0.2) is 65.6 Å². The van der Waals surface area contributed by atoms with Crippen LogP contribution in [0.25, 0.3) is 0 Å². The Morgan fingerprint density at radius 3 is 2.00 bits per heavy atom. The molecule has 1 aliphatic carbocycles. The van der Waals surface area contributed by atoms with Gasteiger partial charge in [0.05, 0.1) is 10.1 Å². The van der Waals surface area contributed by atoms with Crippen LogP contribution in [0, 0.1) is 0 Å². The third-order valence-corrected chi connectivity index (χ3v) is 5.68. The Bertz CT molecular complexity index is 633. The highest BCUT2D eigenvalue weighted by atomic mass is 32.2. The molecule has 0 N–H and O–H groups in total. The van der Waals surface area contributed by atoms with E-state index in [2.05, 4.69) is 0 Å². The zero-order valence-electron chi connectivity index (χ0n) is 9.86. The number of hydrogen-bond acceptors (Lipinski definition) is 2. The van der Waals surface area contributed by atoms with Crippen molar-refractivity contribution in [3.63, 3.8) is 0 Å². The molecule has 2 atom stereocenters. The molecule has 1 aliphatic rings. The molecular formula is C15H14O2S. The van der Waals surface area contributed by atoms with E-state index in [9.17, 15) is 8.42 Å². The zero-order valence-corrected chi connectivity index (χ0v) is 10.7. The molecule has 3 rings (SSSR count). The topological polar surface area (TPSA) is 34.1 Å². The number of sulfone groups is 1. The lowest BCUT2D eigenvalue weighted by Crippen LogP contribution is -2.08. The molecule has 0 amide bonds. The van der Waals surface area contributed by atoms with Crippen LogP contribution >= 0.6 is 0 Å². The van der Waals surface area contributed by atoms with Gasteiger partial charge in [-0.1, -0.05) is 48.5 Å². The summed E-state index contributed by atoms with van der Waals surface area (Å²) in [5.74, 6) is 0.163. The Kier molecular flexibility index (Phi) is 2.71. The lowest BCUT2D eigenvalue weighted by Gasteiger charge is -2.03. The first kappa shape index (κ1) is 11.5. The van der Waals surface area contributed by atoms with Crippen LogP contribution in [0.2, 0.25) is 0 Å². The van der Waals surface area contributed by atoms with Crippen molar-refractivity contribution >= 4 is 9.84 Å². The largest absolute Gasteiger partial charge is 0.223 e. The van der Waals surface area contributed by atoms with Crippen LogP contribution in [0.3, 0.4) is 0 Å². The Hall–Kier alpha value is -1.61. The van der Waals surface area contributed by atoms with Crippen LogP contribution in [0.4, 0.5) is 0 Å². The van der Waals surface area contributed by atoms with Gasteiger partial charge in [-0.25, -0.2) is 8.42 Å². The molecule has 0 heterocycles. The summed E-state index contributed by atoms with van der Waals surface area (Å²) >= 11 is 0. The van der Waals surface area contributed by atoms with Crippen LogP contribution in [0.1, 0.15) is 17.9 Å². The van der Waals surface area contributed by atoms with Gasteiger partial charge in [-0.15, -0.1) is 0 Å². The van der Waals surface area contributed by atoms with Crippen molar-refractivity contribution in [1.29, 1.82) is 0 Å². The molecule has 3 heteroatoms. The van der Waals surface area contributed by atoms with Gasteiger partial charge in [0, 0.05) is 5.92 Å². The summed E-state index contributed by atoms with van der Waals surface area (Å²) in [4.78, 5) is 0.438. The minimum atomic E-state index is -3.16. The van der Waals surface area contributed by atoms with Crippen molar-refractivity contribution in [3.05, 3.63) is 66.2 Å².